The van der Waals surface area contributed by atoms with Crippen molar-refractivity contribution in [3.05, 3.63) is 59.2 Å². The minimum absolute atomic E-state index is 0.0328. The van der Waals surface area contributed by atoms with Gasteiger partial charge in [-0.15, -0.1) is 0 Å². The molecule has 0 bridgehead atoms. The van der Waals surface area contributed by atoms with Gasteiger partial charge in [0, 0.05) is 19.2 Å². The molecular formula is C21H28N4O3. The average molecular weight is 384 g/mol. The standard InChI is InChI=1S/C21H28N4O3/c1-14-6-8-15(9-7-14)18(25(3)4)13-23-21(27)24-17-12-16(20(26)22-2)10-11-19(17)28-5/h6-12,18H,13H2,1-5H3,(H,22,26)(H2,23,24,27)/t18-/m1/s1. The third-order valence-corrected chi connectivity index (χ3v) is 4.48. The molecule has 2 aromatic carbocycles. The average Bonchev–Trinajstić information content (AvgIpc) is 2.68. The summed E-state index contributed by atoms with van der Waals surface area (Å²) < 4.78 is 5.28. The minimum Gasteiger partial charge on any atom is -0.495 e. The monoisotopic (exact) mass is 384 g/mol. The minimum atomic E-state index is -0.369. The number of hydrogen-bond donors (Lipinski definition) is 3. The van der Waals surface area contributed by atoms with Crippen LogP contribution in [0.3, 0.4) is 0 Å². The lowest BCUT2D eigenvalue weighted by atomic mass is 10.0. The van der Waals surface area contributed by atoms with Crippen LogP contribution >= 0.6 is 0 Å². The van der Waals surface area contributed by atoms with Crippen LogP contribution in [-0.4, -0.2) is 51.6 Å². The molecule has 28 heavy (non-hydrogen) atoms. The second-order valence-electron chi connectivity index (χ2n) is 6.72. The van der Waals surface area contributed by atoms with Gasteiger partial charge in [-0.25, -0.2) is 4.79 Å². The zero-order chi connectivity index (χ0) is 20.7. The van der Waals surface area contributed by atoms with E-state index in [1.54, 1.807) is 25.2 Å². The molecular weight excluding hydrogens is 356 g/mol. The maximum Gasteiger partial charge on any atom is 0.319 e. The molecule has 7 heteroatoms. The van der Waals surface area contributed by atoms with Gasteiger partial charge in [0.25, 0.3) is 5.91 Å². The number of benzene rings is 2. The zero-order valence-corrected chi connectivity index (χ0v) is 17.0. The summed E-state index contributed by atoms with van der Waals surface area (Å²) in [4.78, 5) is 26.3. The molecule has 2 rings (SSSR count). The first kappa shape index (κ1) is 21.2. The van der Waals surface area contributed by atoms with Gasteiger partial charge in [0.2, 0.25) is 0 Å². The molecule has 3 amide bonds. The quantitative estimate of drug-likeness (QED) is 0.686. The van der Waals surface area contributed by atoms with Crippen molar-refractivity contribution in [2.24, 2.45) is 0 Å². The predicted molar refractivity (Wildman–Crippen MR) is 111 cm³/mol. The van der Waals surface area contributed by atoms with Gasteiger partial charge >= 0.3 is 6.03 Å². The molecule has 0 heterocycles. The second-order valence-corrected chi connectivity index (χ2v) is 6.72. The largest absolute Gasteiger partial charge is 0.495 e. The van der Waals surface area contributed by atoms with Crippen molar-refractivity contribution in [3.63, 3.8) is 0 Å². The van der Waals surface area contributed by atoms with Crippen molar-refractivity contribution in [2.45, 2.75) is 13.0 Å². The number of hydrogen-bond acceptors (Lipinski definition) is 4. The molecule has 0 unspecified atom stereocenters. The van der Waals surface area contributed by atoms with Gasteiger partial charge in [0.1, 0.15) is 5.75 Å². The Balaban J connectivity index is 2.08. The number of aryl methyl sites for hydroxylation is 1. The number of carbonyl (C=O) groups is 2. The fourth-order valence-corrected chi connectivity index (χ4v) is 2.83. The van der Waals surface area contributed by atoms with E-state index in [-0.39, 0.29) is 18.0 Å². The highest BCUT2D eigenvalue weighted by molar-refractivity contribution is 5.97. The van der Waals surface area contributed by atoms with Crippen molar-refractivity contribution in [3.8, 4) is 5.75 Å². The summed E-state index contributed by atoms with van der Waals surface area (Å²) in [6.07, 6.45) is 0. The summed E-state index contributed by atoms with van der Waals surface area (Å²) >= 11 is 0. The number of nitrogens with one attached hydrogen (secondary N) is 3. The fourth-order valence-electron chi connectivity index (χ4n) is 2.83. The first-order chi connectivity index (χ1) is 13.3. The van der Waals surface area contributed by atoms with Gasteiger partial charge in [-0.05, 0) is 44.8 Å². The maximum atomic E-state index is 12.4. The van der Waals surface area contributed by atoms with Crippen LogP contribution in [0.5, 0.6) is 5.75 Å². The SMILES string of the molecule is CNC(=O)c1ccc(OC)c(NC(=O)NC[C@H](c2ccc(C)cc2)N(C)C)c1. The van der Waals surface area contributed by atoms with E-state index in [9.17, 15) is 9.59 Å². The van der Waals surface area contributed by atoms with Crippen LogP contribution < -0.4 is 20.7 Å². The third kappa shape index (κ3) is 5.47. The Morgan fingerprint density at radius 3 is 2.36 bits per heavy atom. The normalized spacial score (nSPS) is 11.6. The highest BCUT2D eigenvalue weighted by atomic mass is 16.5. The summed E-state index contributed by atoms with van der Waals surface area (Å²) in [5.74, 6) is 0.239. The summed E-state index contributed by atoms with van der Waals surface area (Å²) in [6.45, 7) is 2.47. The Morgan fingerprint density at radius 2 is 1.79 bits per heavy atom. The molecule has 0 aromatic heterocycles. The Bertz CT molecular complexity index is 819. The molecule has 0 aliphatic rings. The summed E-state index contributed by atoms with van der Waals surface area (Å²) in [5.41, 5.74) is 3.17. The lowest BCUT2D eigenvalue weighted by Gasteiger charge is -2.25. The van der Waals surface area contributed by atoms with Crippen LogP contribution in [0.15, 0.2) is 42.5 Å². The van der Waals surface area contributed by atoms with Crippen LogP contribution in [0.4, 0.5) is 10.5 Å². The predicted octanol–water partition coefficient (Wildman–Crippen LogP) is 2.79. The number of amides is 3. The highest BCUT2D eigenvalue weighted by Gasteiger charge is 2.16. The first-order valence-electron chi connectivity index (χ1n) is 9.03. The van der Waals surface area contributed by atoms with Crippen LogP contribution in [0.2, 0.25) is 0 Å². The molecule has 0 spiro atoms. The van der Waals surface area contributed by atoms with Crippen molar-refractivity contribution in [1.29, 1.82) is 0 Å². The molecule has 0 radical (unpaired) electrons. The number of nitrogens with zero attached hydrogens (tertiary/aromatic N) is 1. The second kappa shape index (κ2) is 9.75. The summed E-state index contributed by atoms with van der Waals surface area (Å²) in [5, 5.41) is 8.21. The molecule has 0 aliphatic heterocycles. The number of ether oxygens (including phenoxy) is 1. The first-order valence-corrected chi connectivity index (χ1v) is 9.03. The van der Waals surface area contributed by atoms with Crippen molar-refractivity contribution >= 4 is 17.6 Å². The van der Waals surface area contributed by atoms with Crippen LogP contribution in [0.1, 0.15) is 27.5 Å². The number of anilines is 1. The van der Waals surface area contributed by atoms with Crippen LogP contribution in [0, 0.1) is 6.92 Å². The van der Waals surface area contributed by atoms with Gasteiger partial charge in [0.05, 0.1) is 18.8 Å². The third-order valence-electron chi connectivity index (χ3n) is 4.48. The molecule has 0 saturated heterocycles. The maximum absolute atomic E-state index is 12.4. The molecule has 0 aliphatic carbocycles. The van der Waals surface area contributed by atoms with E-state index in [2.05, 4.69) is 45.1 Å². The number of likely N-dealkylation sites (N-methyl/N-ethyl adjacent to an activating group) is 1. The number of urea groups is 1. The van der Waals surface area contributed by atoms with Crippen molar-refractivity contribution in [2.75, 3.05) is 40.1 Å². The molecule has 3 N–H and O–H groups in total. The molecule has 2 aromatic rings. The lowest BCUT2D eigenvalue weighted by Crippen LogP contribution is -2.37. The molecule has 150 valence electrons. The Hall–Kier alpha value is -3.06. The van der Waals surface area contributed by atoms with Crippen molar-refractivity contribution in [1.82, 2.24) is 15.5 Å². The fraction of sp³-hybridized carbons (Fsp3) is 0.333. The number of carbonyl (C=O) groups excluding carboxylic acids is 2. The Labute approximate surface area is 166 Å². The van der Waals surface area contributed by atoms with Gasteiger partial charge in [0.15, 0.2) is 0 Å². The van der Waals surface area contributed by atoms with E-state index in [1.165, 1.54) is 12.7 Å². The van der Waals surface area contributed by atoms with E-state index >= 15 is 0 Å². The highest BCUT2D eigenvalue weighted by Crippen LogP contribution is 2.25. The molecule has 0 fully saturated rings. The van der Waals surface area contributed by atoms with E-state index in [1.807, 2.05) is 21.0 Å². The van der Waals surface area contributed by atoms with E-state index < -0.39 is 0 Å². The Kier molecular flexibility index (Phi) is 7.40. The van der Waals surface area contributed by atoms with Gasteiger partial charge in [-0.1, -0.05) is 29.8 Å². The van der Waals surface area contributed by atoms with Crippen molar-refractivity contribution < 1.29 is 14.3 Å². The van der Waals surface area contributed by atoms with Gasteiger partial charge in [-0.3, -0.25) is 4.79 Å². The summed E-state index contributed by atoms with van der Waals surface area (Å²) in [7, 11) is 7.01. The van der Waals surface area contributed by atoms with Gasteiger partial charge in [-0.2, -0.15) is 0 Å². The lowest BCUT2D eigenvalue weighted by molar-refractivity contribution is 0.0963. The summed E-state index contributed by atoms with van der Waals surface area (Å²) in [6, 6.07) is 12.8. The molecule has 0 saturated carbocycles. The molecule has 1 atom stereocenters. The van der Waals surface area contributed by atoms with E-state index in [4.69, 9.17) is 4.74 Å². The van der Waals surface area contributed by atoms with E-state index in [0.29, 0.717) is 23.5 Å². The topological polar surface area (TPSA) is 82.7 Å². The smallest absolute Gasteiger partial charge is 0.319 e. The van der Waals surface area contributed by atoms with Crippen LogP contribution in [0.25, 0.3) is 0 Å². The van der Waals surface area contributed by atoms with E-state index in [0.717, 1.165) is 5.56 Å². The van der Waals surface area contributed by atoms with Crippen LogP contribution in [-0.2, 0) is 0 Å². The number of methoxy groups -OCH3 is 1. The van der Waals surface area contributed by atoms with Gasteiger partial charge < -0.3 is 25.6 Å². The molecule has 7 nitrogen and oxygen atoms in total. The Morgan fingerprint density at radius 1 is 1.11 bits per heavy atom. The number of rotatable bonds is 7. The zero-order valence-electron chi connectivity index (χ0n) is 17.0.